The van der Waals surface area contributed by atoms with Crippen LogP contribution in [0.4, 0.5) is 0 Å². The molecular weight excluding hydrogens is 288 g/mol. The summed E-state index contributed by atoms with van der Waals surface area (Å²) in [5.74, 6) is 1.66. The van der Waals surface area contributed by atoms with Gasteiger partial charge < -0.3 is 9.47 Å². The Kier molecular flexibility index (Phi) is 6.21. The van der Waals surface area contributed by atoms with Crippen LogP contribution in [-0.4, -0.2) is 19.0 Å². The van der Waals surface area contributed by atoms with Gasteiger partial charge in [-0.05, 0) is 44.9 Å². The molecule has 0 fully saturated rings. The molecule has 3 heteroatoms. The molecule has 0 amide bonds. The van der Waals surface area contributed by atoms with E-state index < -0.39 is 0 Å². The SMILES string of the molecule is CCOc1ccc(CCC(=O)c2ccc(C)cc2)cc1OCC. The van der Waals surface area contributed by atoms with Gasteiger partial charge in [0.2, 0.25) is 0 Å². The average Bonchev–Trinajstić information content (AvgIpc) is 2.56. The first-order valence-corrected chi connectivity index (χ1v) is 8.12. The molecule has 0 radical (unpaired) electrons. The molecule has 0 N–H and O–H groups in total. The highest BCUT2D eigenvalue weighted by Crippen LogP contribution is 2.29. The minimum absolute atomic E-state index is 0.164. The number of hydrogen-bond acceptors (Lipinski definition) is 3. The van der Waals surface area contributed by atoms with Crippen molar-refractivity contribution < 1.29 is 14.3 Å². The van der Waals surface area contributed by atoms with Gasteiger partial charge >= 0.3 is 0 Å². The van der Waals surface area contributed by atoms with Crippen molar-refractivity contribution in [2.75, 3.05) is 13.2 Å². The molecule has 122 valence electrons. The van der Waals surface area contributed by atoms with Crippen molar-refractivity contribution in [3.8, 4) is 11.5 Å². The zero-order chi connectivity index (χ0) is 16.7. The summed E-state index contributed by atoms with van der Waals surface area (Å²) >= 11 is 0. The van der Waals surface area contributed by atoms with E-state index in [-0.39, 0.29) is 5.78 Å². The second-order valence-corrected chi connectivity index (χ2v) is 5.44. The Morgan fingerprint density at radius 2 is 1.57 bits per heavy atom. The molecule has 2 rings (SSSR count). The van der Waals surface area contributed by atoms with Gasteiger partial charge in [-0.1, -0.05) is 35.9 Å². The number of ether oxygens (including phenoxy) is 2. The third-order valence-electron chi connectivity index (χ3n) is 3.62. The number of benzene rings is 2. The molecule has 0 aliphatic rings. The number of aryl methyl sites for hydroxylation is 2. The summed E-state index contributed by atoms with van der Waals surface area (Å²) in [6.07, 6.45) is 1.18. The second-order valence-electron chi connectivity index (χ2n) is 5.44. The standard InChI is InChI=1S/C20H24O3/c1-4-22-19-13-9-16(14-20(19)23-5-2)8-12-18(21)17-10-6-15(3)7-11-17/h6-7,9-11,13-14H,4-5,8,12H2,1-3H3. The van der Waals surface area contributed by atoms with Gasteiger partial charge in [0.15, 0.2) is 17.3 Å². The first-order valence-electron chi connectivity index (χ1n) is 8.12. The Bertz CT molecular complexity index is 644. The van der Waals surface area contributed by atoms with Crippen molar-refractivity contribution in [1.82, 2.24) is 0 Å². The molecule has 0 aromatic heterocycles. The summed E-state index contributed by atoms with van der Waals surface area (Å²) in [4.78, 5) is 12.3. The minimum atomic E-state index is 0.164. The van der Waals surface area contributed by atoms with E-state index in [4.69, 9.17) is 9.47 Å². The highest BCUT2D eigenvalue weighted by atomic mass is 16.5. The Morgan fingerprint density at radius 1 is 0.913 bits per heavy atom. The molecule has 0 saturated heterocycles. The second kappa shape index (κ2) is 8.37. The molecular formula is C20H24O3. The molecule has 0 aliphatic carbocycles. The van der Waals surface area contributed by atoms with Crippen LogP contribution < -0.4 is 9.47 Å². The monoisotopic (exact) mass is 312 g/mol. The number of ketones is 1. The van der Waals surface area contributed by atoms with Crippen molar-refractivity contribution in [1.29, 1.82) is 0 Å². The predicted octanol–water partition coefficient (Wildman–Crippen LogP) is 4.61. The lowest BCUT2D eigenvalue weighted by molar-refractivity contribution is 0.0983. The fourth-order valence-electron chi connectivity index (χ4n) is 2.39. The molecule has 3 nitrogen and oxygen atoms in total. The van der Waals surface area contributed by atoms with Crippen LogP contribution in [0.15, 0.2) is 42.5 Å². The third-order valence-corrected chi connectivity index (χ3v) is 3.62. The van der Waals surface area contributed by atoms with Gasteiger partial charge in [0.05, 0.1) is 13.2 Å². The van der Waals surface area contributed by atoms with E-state index in [1.807, 2.05) is 63.2 Å². The topological polar surface area (TPSA) is 35.5 Å². The predicted molar refractivity (Wildman–Crippen MR) is 92.6 cm³/mol. The number of carbonyl (C=O) groups is 1. The third kappa shape index (κ3) is 4.85. The lowest BCUT2D eigenvalue weighted by Crippen LogP contribution is -2.02. The summed E-state index contributed by atoms with van der Waals surface area (Å²) in [5, 5.41) is 0. The highest BCUT2D eigenvalue weighted by molar-refractivity contribution is 5.96. The van der Waals surface area contributed by atoms with Crippen LogP contribution in [-0.2, 0) is 6.42 Å². The molecule has 0 spiro atoms. The maximum atomic E-state index is 12.3. The molecule has 0 bridgehead atoms. The summed E-state index contributed by atoms with van der Waals surface area (Å²) in [5.41, 5.74) is 3.01. The van der Waals surface area contributed by atoms with Crippen molar-refractivity contribution in [2.24, 2.45) is 0 Å². The molecule has 0 saturated carbocycles. The molecule has 2 aromatic rings. The molecule has 23 heavy (non-hydrogen) atoms. The number of hydrogen-bond donors (Lipinski definition) is 0. The van der Waals surface area contributed by atoms with Gasteiger partial charge in [0.1, 0.15) is 0 Å². The van der Waals surface area contributed by atoms with E-state index in [2.05, 4.69) is 0 Å². The van der Waals surface area contributed by atoms with Gasteiger partial charge in [0.25, 0.3) is 0 Å². The lowest BCUT2D eigenvalue weighted by Gasteiger charge is -2.12. The first kappa shape index (κ1) is 17.1. The maximum Gasteiger partial charge on any atom is 0.163 e. The van der Waals surface area contributed by atoms with Crippen LogP contribution in [0.2, 0.25) is 0 Å². The molecule has 2 aromatic carbocycles. The van der Waals surface area contributed by atoms with Crippen molar-refractivity contribution >= 4 is 5.78 Å². The fourth-order valence-corrected chi connectivity index (χ4v) is 2.39. The quantitative estimate of drug-likeness (QED) is 0.668. The molecule has 0 unspecified atom stereocenters. The van der Waals surface area contributed by atoms with E-state index in [0.29, 0.717) is 26.1 Å². The van der Waals surface area contributed by atoms with E-state index in [0.717, 1.165) is 28.2 Å². The van der Waals surface area contributed by atoms with Crippen molar-refractivity contribution in [3.05, 3.63) is 59.2 Å². The van der Waals surface area contributed by atoms with Crippen LogP contribution >= 0.6 is 0 Å². The normalized spacial score (nSPS) is 10.4. The Labute approximate surface area is 138 Å². The molecule has 0 aliphatic heterocycles. The average molecular weight is 312 g/mol. The number of Topliss-reactive ketones (excluding diaryl/α,β-unsaturated/α-hetero) is 1. The summed E-state index contributed by atoms with van der Waals surface area (Å²) in [6, 6.07) is 13.6. The Balaban J connectivity index is 2.03. The Hall–Kier alpha value is -2.29. The van der Waals surface area contributed by atoms with E-state index in [1.54, 1.807) is 0 Å². The van der Waals surface area contributed by atoms with Crippen molar-refractivity contribution in [3.63, 3.8) is 0 Å². The van der Waals surface area contributed by atoms with Crippen molar-refractivity contribution in [2.45, 2.75) is 33.6 Å². The molecule has 0 heterocycles. The van der Waals surface area contributed by atoms with Gasteiger partial charge in [-0.3, -0.25) is 4.79 Å². The van der Waals surface area contributed by atoms with Crippen LogP contribution in [0.5, 0.6) is 11.5 Å². The fraction of sp³-hybridized carbons (Fsp3) is 0.350. The van der Waals surface area contributed by atoms with Gasteiger partial charge in [0, 0.05) is 12.0 Å². The number of rotatable bonds is 8. The molecule has 0 atom stereocenters. The maximum absolute atomic E-state index is 12.3. The van der Waals surface area contributed by atoms with Gasteiger partial charge in [-0.25, -0.2) is 0 Å². The van der Waals surface area contributed by atoms with Gasteiger partial charge in [-0.2, -0.15) is 0 Å². The first-order chi connectivity index (χ1) is 11.1. The van der Waals surface area contributed by atoms with E-state index in [9.17, 15) is 4.79 Å². The zero-order valence-electron chi connectivity index (χ0n) is 14.1. The van der Waals surface area contributed by atoms with Crippen LogP contribution in [0.1, 0.15) is 41.8 Å². The highest BCUT2D eigenvalue weighted by Gasteiger charge is 2.09. The van der Waals surface area contributed by atoms with Crippen LogP contribution in [0.3, 0.4) is 0 Å². The van der Waals surface area contributed by atoms with Gasteiger partial charge in [-0.15, -0.1) is 0 Å². The van der Waals surface area contributed by atoms with Crippen LogP contribution in [0.25, 0.3) is 0 Å². The number of carbonyl (C=O) groups excluding carboxylic acids is 1. The summed E-state index contributed by atoms with van der Waals surface area (Å²) in [7, 11) is 0. The zero-order valence-corrected chi connectivity index (χ0v) is 14.1. The minimum Gasteiger partial charge on any atom is -0.490 e. The van der Waals surface area contributed by atoms with Crippen LogP contribution in [0, 0.1) is 6.92 Å². The van der Waals surface area contributed by atoms with E-state index >= 15 is 0 Å². The Morgan fingerprint density at radius 3 is 2.22 bits per heavy atom. The summed E-state index contributed by atoms with van der Waals surface area (Å²) in [6.45, 7) is 7.10. The lowest BCUT2D eigenvalue weighted by atomic mass is 10.0. The van der Waals surface area contributed by atoms with E-state index in [1.165, 1.54) is 0 Å². The smallest absolute Gasteiger partial charge is 0.163 e. The summed E-state index contributed by atoms with van der Waals surface area (Å²) < 4.78 is 11.2. The largest absolute Gasteiger partial charge is 0.490 e.